The summed E-state index contributed by atoms with van der Waals surface area (Å²) in [5.74, 6) is 0.333. The topological polar surface area (TPSA) is 42.2 Å². The van der Waals surface area contributed by atoms with Crippen LogP contribution in [0.1, 0.15) is 11.1 Å². The molecule has 27 heavy (non-hydrogen) atoms. The molecule has 4 heteroatoms. The average Bonchev–Trinajstić information content (AvgIpc) is 2.70. The third-order valence-corrected chi connectivity index (χ3v) is 4.44. The third-order valence-electron chi connectivity index (χ3n) is 4.44. The summed E-state index contributed by atoms with van der Waals surface area (Å²) in [6.07, 6.45) is 0. The molecule has 0 amide bonds. The van der Waals surface area contributed by atoms with E-state index in [0.29, 0.717) is 29.8 Å². The molecular formula is C23H18FNO2. The Hall–Kier alpha value is -3.24. The summed E-state index contributed by atoms with van der Waals surface area (Å²) in [5.41, 5.74) is 3.55. The molecule has 0 fully saturated rings. The van der Waals surface area contributed by atoms with Crippen LogP contribution in [-0.4, -0.2) is 0 Å². The van der Waals surface area contributed by atoms with Crippen LogP contribution >= 0.6 is 0 Å². The first-order valence-electron chi connectivity index (χ1n) is 8.76. The van der Waals surface area contributed by atoms with E-state index in [1.165, 1.54) is 18.2 Å². The lowest BCUT2D eigenvalue weighted by molar-refractivity contribution is 0.618. The number of nitrogens with one attached hydrogen (secondary N) is 1. The Kier molecular flexibility index (Phi) is 4.81. The van der Waals surface area contributed by atoms with Gasteiger partial charge in [-0.3, -0.25) is 4.79 Å². The zero-order valence-electron chi connectivity index (χ0n) is 14.6. The number of para-hydroxylation sites is 1. The average molecular weight is 359 g/mol. The van der Waals surface area contributed by atoms with Gasteiger partial charge in [0, 0.05) is 24.7 Å². The monoisotopic (exact) mass is 359 g/mol. The van der Waals surface area contributed by atoms with Gasteiger partial charge in [-0.25, -0.2) is 4.39 Å². The second-order valence-electron chi connectivity index (χ2n) is 6.40. The molecule has 4 rings (SSSR count). The SMILES string of the molecule is O=c1cc(-c2ccc(CNCc3ccc(F)cc3)cc2)oc2ccccc12. The predicted molar refractivity (Wildman–Crippen MR) is 105 cm³/mol. The Morgan fingerprint density at radius 2 is 1.44 bits per heavy atom. The normalized spacial score (nSPS) is 11.0. The van der Waals surface area contributed by atoms with Gasteiger partial charge in [0.15, 0.2) is 5.43 Å². The second-order valence-corrected chi connectivity index (χ2v) is 6.40. The van der Waals surface area contributed by atoms with E-state index in [4.69, 9.17) is 4.42 Å². The van der Waals surface area contributed by atoms with Gasteiger partial charge in [0.25, 0.3) is 0 Å². The lowest BCUT2D eigenvalue weighted by atomic mass is 10.1. The molecule has 0 radical (unpaired) electrons. The first-order valence-corrected chi connectivity index (χ1v) is 8.76. The van der Waals surface area contributed by atoms with Crippen molar-refractivity contribution in [2.75, 3.05) is 0 Å². The fourth-order valence-electron chi connectivity index (χ4n) is 2.99. The predicted octanol–water partition coefficient (Wildman–Crippen LogP) is 4.89. The molecule has 3 aromatic carbocycles. The molecule has 1 aromatic heterocycles. The summed E-state index contributed by atoms with van der Waals surface area (Å²) < 4.78 is 18.8. The molecule has 134 valence electrons. The maximum atomic E-state index is 12.9. The summed E-state index contributed by atoms with van der Waals surface area (Å²) >= 11 is 0. The van der Waals surface area contributed by atoms with Crippen LogP contribution in [0.3, 0.4) is 0 Å². The fourth-order valence-corrected chi connectivity index (χ4v) is 2.99. The smallest absolute Gasteiger partial charge is 0.193 e. The van der Waals surface area contributed by atoms with E-state index >= 15 is 0 Å². The molecule has 0 aliphatic heterocycles. The molecule has 4 aromatic rings. The Morgan fingerprint density at radius 1 is 0.815 bits per heavy atom. The van der Waals surface area contributed by atoms with Crippen LogP contribution in [-0.2, 0) is 13.1 Å². The number of hydrogen-bond donors (Lipinski definition) is 1. The van der Waals surface area contributed by atoms with E-state index in [-0.39, 0.29) is 11.2 Å². The number of hydrogen-bond acceptors (Lipinski definition) is 3. The van der Waals surface area contributed by atoms with E-state index in [9.17, 15) is 9.18 Å². The van der Waals surface area contributed by atoms with Crippen LogP contribution in [0.25, 0.3) is 22.3 Å². The summed E-state index contributed by atoms with van der Waals surface area (Å²) in [7, 11) is 0. The summed E-state index contributed by atoms with van der Waals surface area (Å²) in [4.78, 5) is 12.2. The third kappa shape index (κ3) is 3.96. The molecule has 0 saturated carbocycles. The fraction of sp³-hybridized carbons (Fsp3) is 0.0870. The van der Waals surface area contributed by atoms with Crippen molar-refractivity contribution in [3.63, 3.8) is 0 Å². The van der Waals surface area contributed by atoms with Gasteiger partial charge >= 0.3 is 0 Å². The van der Waals surface area contributed by atoms with Crippen LogP contribution in [0.5, 0.6) is 0 Å². The highest BCUT2D eigenvalue weighted by atomic mass is 19.1. The van der Waals surface area contributed by atoms with Gasteiger partial charge in [-0.1, -0.05) is 48.5 Å². The van der Waals surface area contributed by atoms with Gasteiger partial charge in [-0.05, 0) is 35.4 Å². The van der Waals surface area contributed by atoms with Crippen molar-refractivity contribution in [2.24, 2.45) is 0 Å². The zero-order chi connectivity index (χ0) is 18.6. The van der Waals surface area contributed by atoms with Gasteiger partial charge in [-0.15, -0.1) is 0 Å². The van der Waals surface area contributed by atoms with Crippen LogP contribution in [0.2, 0.25) is 0 Å². The van der Waals surface area contributed by atoms with Gasteiger partial charge in [0.05, 0.1) is 5.39 Å². The molecule has 0 atom stereocenters. The second kappa shape index (κ2) is 7.56. The number of halogens is 1. The van der Waals surface area contributed by atoms with E-state index in [1.807, 2.05) is 36.4 Å². The van der Waals surface area contributed by atoms with Crippen molar-refractivity contribution in [1.29, 1.82) is 0 Å². The first-order chi connectivity index (χ1) is 13.2. The highest BCUT2D eigenvalue weighted by Crippen LogP contribution is 2.22. The molecule has 0 spiro atoms. The van der Waals surface area contributed by atoms with Crippen molar-refractivity contribution in [1.82, 2.24) is 5.32 Å². The summed E-state index contributed by atoms with van der Waals surface area (Å²) in [5, 5.41) is 3.92. The maximum Gasteiger partial charge on any atom is 0.193 e. The molecule has 0 unspecified atom stereocenters. The lowest BCUT2D eigenvalue weighted by Gasteiger charge is -2.07. The van der Waals surface area contributed by atoms with Crippen molar-refractivity contribution < 1.29 is 8.81 Å². The highest BCUT2D eigenvalue weighted by Gasteiger charge is 2.06. The quantitative estimate of drug-likeness (QED) is 0.552. The van der Waals surface area contributed by atoms with E-state index in [0.717, 1.165) is 16.7 Å². The summed E-state index contributed by atoms with van der Waals surface area (Å²) in [6, 6.07) is 23.1. The van der Waals surface area contributed by atoms with Gasteiger partial charge in [0.2, 0.25) is 0 Å². The molecule has 1 N–H and O–H groups in total. The summed E-state index contributed by atoms with van der Waals surface area (Å²) in [6.45, 7) is 1.36. The van der Waals surface area contributed by atoms with Crippen LogP contribution in [0.4, 0.5) is 4.39 Å². The molecular weight excluding hydrogens is 341 g/mol. The minimum atomic E-state index is -0.227. The Labute approximate surface area is 156 Å². The first kappa shape index (κ1) is 17.2. The van der Waals surface area contributed by atoms with Crippen molar-refractivity contribution in [2.45, 2.75) is 13.1 Å². The molecule has 3 nitrogen and oxygen atoms in total. The minimum Gasteiger partial charge on any atom is -0.456 e. The van der Waals surface area contributed by atoms with Crippen molar-refractivity contribution >= 4 is 11.0 Å². The van der Waals surface area contributed by atoms with Gasteiger partial charge in [-0.2, -0.15) is 0 Å². The van der Waals surface area contributed by atoms with Crippen LogP contribution in [0.15, 0.2) is 88.1 Å². The minimum absolute atomic E-state index is 0.0445. The van der Waals surface area contributed by atoms with Gasteiger partial charge < -0.3 is 9.73 Å². The Bertz CT molecular complexity index is 1120. The van der Waals surface area contributed by atoms with Crippen LogP contribution < -0.4 is 10.7 Å². The maximum absolute atomic E-state index is 12.9. The molecule has 0 aliphatic rings. The highest BCUT2D eigenvalue weighted by molar-refractivity contribution is 5.78. The van der Waals surface area contributed by atoms with Gasteiger partial charge in [0.1, 0.15) is 17.2 Å². The molecule has 0 aliphatic carbocycles. The Balaban J connectivity index is 1.46. The Morgan fingerprint density at radius 3 is 2.15 bits per heavy atom. The largest absolute Gasteiger partial charge is 0.456 e. The number of benzene rings is 3. The standard InChI is InChI=1S/C23H18FNO2/c24-19-11-7-17(8-12-19)15-25-14-16-5-9-18(10-6-16)23-13-21(26)20-3-1-2-4-22(20)27-23/h1-13,25H,14-15H2. The van der Waals surface area contributed by atoms with E-state index in [1.54, 1.807) is 24.3 Å². The van der Waals surface area contributed by atoms with Crippen molar-refractivity contribution in [3.05, 3.63) is 106 Å². The molecule has 0 saturated heterocycles. The zero-order valence-corrected chi connectivity index (χ0v) is 14.6. The number of fused-ring (bicyclic) bond motifs is 1. The van der Waals surface area contributed by atoms with Crippen LogP contribution in [0, 0.1) is 5.82 Å². The van der Waals surface area contributed by atoms with E-state index in [2.05, 4.69) is 5.32 Å². The molecule has 1 heterocycles. The lowest BCUT2D eigenvalue weighted by Crippen LogP contribution is -2.12. The van der Waals surface area contributed by atoms with E-state index < -0.39 is 0 Å². The molecule has 0 bridgehead atoms. The van der Waals surface area contributed by atoms with Crippen molar-refractivity contribution in [3.8, 4) is 11.3 Å². The number of rotatable bonds is 5.